The van der Waals surface area contributed by atoms with Crippen molar-refractivity contribution in [3.8, 4) is 17.0 Å². The van der Waals surface area contributed by atoms with E-state index in [1.165, 1.54) is 54.3 Å². The third-order valence-electron chi connectivity index (χ3n) is 9.33. The van der Waals surface area contributed by atoms with Gasteiger partial charge in [0.25, 0.3) is 0 Å². The molecule has 0 spiro atoms. The lowest BCUT2D eigenvalue weighted by Gasteiger charge is -2.38. The summed E-state index contributed by atoms with van der Waals surface area (Å²) in [6.07, 6.45) is 6.99. The standard InChI is InChI=1S/C36H51N3O4/c1-26-36(41,21-14-22-37(5)23-24-38(6)34(40)43-35(2,3)4)25-39-30-19-12-10-17-28(30)32(27-15-8-7-9-16-27)33(39)29-18-11-13-20-31(29)42-26/h10-13,17-20,26-27,41H,7-9,14-16,21-25H2,1-6H3. The van der Waals surface area contributed by atoms with Crippen LogP contribution in [-0.2, 0) is 11.3 Å². The van der Waals surface area contributed by atoms with Gasteiger partial charge < -0.3 is 28.9 Å². The number of aliphatic hydroxyl groups is 1. The van der Waals surface area contributed by atoms with Gasteiger partial charge in [-0.3, -0.25) is 0 Å². The molecular weight excluding hydrogens is 538 g/mol. The Morgan fingerprint density at radius 3 is 2.47 bits per heavy atom. The third-order valence-corrected chi connectivity index (χ3v) is 9.33. The molecular formula is C36H51N3O4. The van der Waals surface area contributed by atoms with E-state index in [1.54, 1.807) is 11.9 Å². The van der Waals surface area contributed by atoms with Crippen LogP contribution in [0, 0.1) is 0 Å². The zero-order valence-corrected chi connectivity index (χ0v) is 27.1. The molecule has 0 bridgehead atoms. The van der Waals surface area contributed by atoms with Gasteiger partial charge in [0.15, 0.2) is 0 Å². The number of ether oxygens (including phenoxy) is 2. The van der Waals surface area contributed by atoms with E-state index in [1.807, 2.05) is 33.8 Å². The highest BCUT2D eigenvalue weighted by Gasteiger charge is 2.40. The number of amides is 1. The van der Waals surface area contributed by atoms with Crippen LogP contribution in [0.1, 0.15) is 84.1 Å². The first-order valence-corrected chi connectivity index (χ1v) is 16.2. The van der Waals surface area contributed by atoms with E-state index in [0.717, 1.165) is 30.8 Å². The summed E-state index contributed by atoms with van der Waals surface area (Å²) in [5.41, 5.74) is 3.41. The Morgan fingerprint density at radius 1 is 1.02 bits per heavy atom. The van der Waals surface area contributed by atoms with Crippen LogP contribution in [0.25, 0.3) is 22.2 Å². The van der Waals surface area contributed by atoms with E-state index in [4.69, 9.17) is 9.47 Å². The second-order valence-corrected chi connectivity index (χ2v) is 13.9. The summed E-state index contributed by atoms with van der Waals surface area (Å²) in [7, 11) is 3.84. The fourth-order valence-electron chi connectivity index (χ4n) is 6.86. The zero-order chi connectivity index (χ0) is 30.8. The Bertz CT molecular complexity index is 1400. The molecule has 7 nitrogen and oxygen atoms in total. The SMILES string of the molecule is CC1Oc2ccccc2-c2c(C3CCCCC3)c3ccccc3n2CC1(O)CCCN(C)CCN(C)C(=O)OC(C)(C)C. The first-order valence-electron chi connectivity index (χ1n) is 16.2. The summed E-state index contributed by atoms with van der Waals surface area (Å²) in [6.45, 7) is 10.2. The second kappa shape index (κ2) is 12.9. The average Bonchev–Trinajstić information content (AvgIpc) is 3.28. The summed E-state index contributed by atoms with van der Waals surface area (Å²) >= 11 is 0. The van der Waals surface area contributed by atoms with Crippen molar-refractivity contribution in [3.05, 3.63) is 54.1 Å². The molecule has 1 aliphatic heterocycles. The molecule has 1 N–H and O–H groups in total. The van der Waals surface area contributed by atoms with Crippen LogP contribution in [0.5, 0.6) is 5.75 Å². The smallest absolute Gasteiger partial charge is 0.410 e. The van der Waals surface area contributed by atoms with E-state index in [0.29, 0.717) is 25.4 Å². The number of likely N-dealkylation sites (N-methyl/N-ethyl adjacent to an activating group) is 2. The Balaban J connectivity index is 1.37. The van der Waals surface area contributed by atoms with Crippen LogP contribution >= 0.6 is 0 Å². The first-order chi connectivity index (χ1) is 20.5. The van der Waals surface area contributed by atoms with Gasteiger partial charge >= 0.3 is 6.09 Å². The highest BCUT2D eigenvalue weighted by Crippen LogP contribution is 2.48. The quantitative estimate of drug-likeness (QED) is 0.296. The fraction of sp³-hybridized carbons (Fsp3) is 0.583. The van der Waals surface area contributed by atoms with Crippen molar-refractivity contribution in [3.63, 3.8) is 0 Å². The van der Waals surface area contributed by atoms with Crippen LogP contribution in [0.15, 0.2) is 48.5 Å². The number of hydrogen-bond acceptors (Lipinski definition) is 5. The molecule has 2 unspecified atom stereocenters. The summed E-state index contributed by atoms with van der Waals surface area (Å²) in [4.78, 5) is 16.2. The van der Waals surface area contributed by atoms with Crippen LogP contribution in [-0.4, -0.2) is 76.6 Å². The highest BCUT2D eigenvalue weighted by molar-refractivity contribution is 5.93. The Labute approximate surface area is 257 Å². The Hall–Kier alpha value is -3.03. The van der Waals surface area contributed by atoms with Gasteiger partial charge in [-0.05, 0) is 96.7 Å². The van der Waals surface area contributed by atoms with Crippen molar-refractivity contribution in [2.24, 2.45) is 0 Å². The molecule has 2 atom stereocenters. The lowest BCUT2D eigenvalue weighted by Crippen LogP contribution is -2.48. The maximum absolute atomic E-state index is 12.4. The molecule has 0 saturated heterocycles. The topological polar surface area (TPSA) is 67.2 Å². The Morgan fingerprint density at radius 2 is 1.72 bits per heavy atom. The molecule has 5 rings (SSSR count). The van der Waals surface area contributed by atoms with Crippen molar-refractivity contribution in [2.45, 2.75) is 102 Å². The number of para-hydroxylation sites is 2. The summed E-state index contributed by atoms with van der Waals surface area (Å²) in [5.74, 6) is 1.36. The number of carbonyl (C=O) groups excluding carboxylic acids is 1. The molecule has 2 aliphatic rings. The molecule has 1 aromatic heterocycles. The van der Waals surface area contributed by atoms with Crippen molar-refractivity contribution >= 4 is 17.0 Å². The van der Waals surface area contributed by atoms with Crippen molar-refractivity contribution in [1.29, 1.82) is 0 Å². The van der Waals surface area contributed by atoms with E-state index in [-0.39, 0.29) is 12.2 Å². The van der Waals surface area contributed by atoms with Crippen molar-refractivity contribution in [2.75, 3.05) is 33.7 Å². The average molecular weight is 590 g/mol. The van der Waals surface area contributed by atoms with Crippen LogP contribution in [0.3, 0.4) is 0 Å². The molecule has 1 saturated carbocycles. The predicted molar refractivity (Wildman–Crippen MR) is 174 cm³/mol. The monoisotopic (exact) mass is 589 g/mol. The van der Waals surface area contributed by atoms with Crippen molar-refractivity contribution < 1.29 is 19.4 Å². The number of carbonyl (C=O) groups is 1. The van der Waals surface area contributed by atoms with Gasteiger partial charge in [-0.1, -0.05) is 49.6 Å². The maximum atomic E-state index is 12.4. The maximum Gasteiger partial charge on any atom is 0.410 e. The number of rotatable bonds is 8. The molecule has 2 aromatic carbocycles. The number of benzene rings is 2. The molecule has 1 fully saturated rings. The zero-order valence-electron chi connectivity index (χ0n) is 27.1. The molecule has 3 aromatic rings. The van der Waals surface area contributed by atoms with Crippen LogP contribution in [0.2, 0.25) is 0 Å². The van der Waals surface area contributed by atoms with E-state index in [2.05, 4.69) is 59.0 Å². The first kappa shape index (κ1) is 31.4. The summed E-state index contributed by atoms with van der Waals surface area (Å²) in [5, 5.41) is 13.7. The summed E-state index contributed by atoms with van der Waals surface area (Å²) in [6, 6.07) is 17.1. The molecule has 2 heterocycles. The fourth-order valence-corrected chi connectivity index (χ4v) is 6.86. The second-order valence-electron chi connectivity index (χ2n) is 13.9. The van der Waals surface area contributed by atoms with Crippen molar-refractivity contribution in [1.82, 2.24) is 14.4 Å². The van der Waals surface area contributed by atoms with Gasteiger partial charge in [0.2, 0.25) is 0 Å². The minimum absolute atomic E-state index is 0.307. The molecule has 7 heteroatoms. The van der Waals surface area contributed by atoms with Crippen LogP contribution < -0.4 is 4.74 Å². The normalized spacial score (nSPS) is 21.1. The predicted octanol–water partition coefficient (Wildman–Crippen LogP) is 7.45. The minimum Gasteiger partial charge on any atom is -0.487 e. The van der Waals surface area contributed by atoms with Crippen LogP contribution in [0.4, 0.5) is 4.79 Å². The van der Waals surface area contributed by atoms with Gasteiger partial charge in [-0.15, -0.1) is 0 Å². The van der Waals surface area contributed by atoms with Gasteiger partial charge in [0.05, 0.1) is 12.2 Å². The number of aromatic nitrogens is 1. The molecule has 1 aliphatic carbocycles. The Kier molecular flexibility index (Phi) is 9.43. The third kappa shape index (κ3) is 7.04. The number of nitrogens with zero attached hydrogens (tertiary/aromatic N) is 3. The number of fused-ring (bicyclic) bond motifs is 5. The molecule has 234 valence electrons. The van der Waals surface area contributed by atoms with E-state index < -0.39 is 11.2 Å². The van der Waals surface area contributed by atoms with E-state index in [9.17, 15) is 9.90 Å². The largest absolute Gasteiger partial charge is 0.487 e. The molecule has 43 heavy (non-hydrogen) atoms. The van der Waals surface area contributed by atoms with Gasteiger partial charge in [0.1, 0.15) is 23.1 Å². The van der Waals surface area contributed by atoms with Gasteiger partial charge in [0, 0.05) is 36.6 Å². The molecule has 1 amide bonds. The summed E-state index contributed by atoms with van der Waals surface area (Å²) < 4.78 is 14.5. The van der Waals surface area contributed by atoms with E-state index >= 15 is 0 Å². The van der Waals surface area contributed by atoms with Gasteiger partial charge in [-0.25, -0.2) is 4.79 Å². The molecule has 0 radical (unpaired) electrons. The van der Waals surface area contributed by atoms with Gasteiger partial charge in [-0.2, -0.15) is 0 Å². The lowest BCUT2D eigenvalue weighted by molar-refractivity contribution is -0.0735. The minimum atomic E-state index is -1.05. The lowest BCUT2D eigenvalue weighted by atomic mass is 9.81. The highest BCUT2D eigenvalue weighted by atomic mass is 16.6. The number of hydrogen-bond donors (Lipinski definition) is 1.